The number of anilines is 2. The first-order valence-corrected chi connectivity index (χ1v) is 13.3. The molecule has 2 aromatic rings. The number of amides is 1. The quantitative estimate of drug-likeness (QED) is 0.630. The van der Waals surface area contributed by atoms with Gasteiger partial charge in [-0.1, -0.05) is 43.2 Å². The van der Waals surface area contributed by atoms with Gasteiger partial charge in [0.15, 0.2) is 0 Å². The molecular weight excluding hydrogens is 422 g/mol. The van der Waals surface area contributed by atoms with Crippen LogP contribution in [0.25, 0.3) is 0 Å². The molecule has 1 amide bonds. The summed E-state index contributed by atoms with van der Waals surface area (Å²) >= 11 is 0. The van der Waals surface area contributed by atoms with Crippen LogP contribution in [-0.4, -0.2) is 39.7 Å². The number of benzene rings is 2. The van der Waals surface area contributed by atoms with Gasteiger partial charge in [-0.05, 0) is 61.9 Å². The Kier molecular flexibility index (Phi) is 7.04. The van der Waals surface area contributed by atoms with Crippen LogP contribution in [0.3, 0.4) is 0 Å². The summed E-state index contributed by atoms with van der Waals surface area (Å²) < 4.78 is 27.7. The predicted octanol–water partition coefficient (Wildman–Crippen LogP) is 4.05. The average Bonchev–Trinajstić information content (AvgIpc) is 3.29. The summed E-state index contributed by atoms with van der Waals surface area (Å²) in [5.41, 5.74) is 2.70. The molecule has 2 N–H and O–H groups in total. The Balaban J connectivity index is 1.32. The first-order chi connectivity index (χ1) is 15.5. The molecule has 0 bridgehead atoms. The maximum Gasteiger partial charge on any atom is 0.241 e. The largest absolute Gasteiger partial charge is 0.372 e. The minimum absolute atomic E-state index is 0.0988. The second-order valence-electron chi connectivity index (χ2n) is 9.09. The highest BCUT2D eigenvalue weighted by Crippen LogP contribution is 2.40. The third-order valence-electron chi connectivity index (χ3n) is 6.75. The van der Waals surface area contributed by atoms with Gasteiger partial charge in [0.1, 0.15) is 5.75 Å². The van der Waals surface area contributed by atoms with Crippen LogP contribution < -0.4 is 14.9 Å². The Morgan fingerprint density at radius 1 is 0.875 bits per heavy atom. The molecule has 0 radical (unpaired) electrons. The van der Waals surface area contributed by atoms with E-state index in [0.29, 0.717) is 12.2 Å². The van der Waals surface area contributed by atoms with E-state index in [2.05, 4.69) is 27.1 Å². The number of piperidine rings is 1. The maximum atomic E-state index is 12.6. The van der Waals surface area contributed by atoms with Crippen molar-refractivity contribution in [1.82, 2.24) is 5.32 Å². The molecular formula is C25H33N3O3S. The predicted molar refractivity (Wildman–Crippen MR) is 130 cm³/mol. The van der Waals surface area contributed by atoms with Crippen LogP contribution in [0.1, 0.15) is 50.5 Å². The van der Waals surface area contributed by atoms with E-state index in [4.69, 9.17) is 0 Å². The van der Waals surface area contributed by atoms with E-state index in [9.17, 15) is 13.2 Å². The van der Waals surface area contributed by atoms with Crippen LogP contribution >= 0.6 is 0 Å². The molecule has 0 aromatic heterocycles. The minimum atomic E-state index is -3.78. The molecule has 1 aliphatic heterocycles. The molecule has 1 saturated heterocycles. The van der Waals surface area contributed by atoms with E-state index in [1.165, 1.54) is 24.8 Å². The molecule has 1 saturated carbocycles. The Morgan fingerprint density at radius 3 is 2.19 bits per heavy atom. The van der Waals surface area contributed by atoms with Gasteiger partial charge in [0.2, 0.25) is 15.9 Å². The molecule has 1 heterocycles. The van der Waals surface area contributed by atoms with E-state index in [1.807, 2.05) is 30.3 Å². The maximum absolute atomic E-state index is 12.6. The highest BCUT2D eigenvalue weighted by Gasteiger charge is 2.36. The lowest BCUT2D eigenvalue weighted by Crippen LogP contribution is -2.41. The van der Waals surface area contributed by atoms with Crippen molar-refractivity contribution in [2.24, 2.45) is 0 Å². The molecule has 0 atom stereocenters. The highest BCUT2D eigenvalue weighted by atomic mass is 32.2. The van der Waals surface area contributed by atoms with Gasteiger partial charge < -0.3 is 10.2 Å². The van der Waals surface area contributed by atoms with Crippen molar-refractivity contribution in [3.05, 3.63) is 60.2 Å². The van der Waals surface area contributed by atoms with Crippen molar-refractivity contribution in [2.45, 2.75) is 50.4 Å². The van der Waals surface area contributed by atoms with Gasteiger partial charge in [0, 0.05) is 36.4 Å². The highest BCUT2D eigenvalue weighted by molar-refractivity contribution is 7.93. The summed E-state index contributed by atoms with van der Waals surface area (Å²) in [6.07, 6.45) is 7.90. The summed E-state index contributed by atoms with van der Waals surface area (Å²) in [6, 6.07) is 17.6. The molecule has 4 rings (SSSR count). The molecule has 32 heavy (non-hydrogen) atoms. The van der Waals surface area contributed by atoms with Crippen molar-refractivity contribution in [3.8, 4) is 0 Å². The fourth-order valence-electron chi connectivity index (χ4n) is 5.01. The zero-order valence-corrected chi connectivity index (χ0v) is 19.4. The lowest BCUT2D eigenvalue weighted by Gasteiger charge is -2.30. The van der Waals surface area contributed by atoms with Crippen molar-refractivity contribution in [1.29, 1.82) is 0 Å². The van der Waals surface area contributed by atoms with Crippen LogP contribution in [0.5, 0.6) is 0 Å². The van der Waals surface area contributed by atoms with Crippen LogP contribution in [0, 0.1) is 0 Å². The van der Waals surface area contributed by atoms with E-state index in [0.717, 1.165) is 44.5 Å². The Labute approximate surface area is 191 Å². The summed E-state index contributed by atoms with van der Waals surface area (Å²) in [4.78, 5) is 14.8. The topological polar surface area (TPSA) is 78.5 Å². The first-order valence-electron chi connectivity index (χ1n) is 11.6. The second kappa shape index (κ2) is 9.94. The third-order valence-corrected chi connectivity index (χ3v) is 7.94. The smallest absolute Gasteiger partial charge is 0.241 e. The van der Waals surface area contributed by atoms with Gasteiger partial charge in [0.05, 0.1) is 0 Å². The number of nitrogens with one attached hydrogen (secondary N) is 2. The fourth-order valence-corrected chi connectivity index (χ4v) is 6.03. The van der Waals surface area contributed by atoms with Gasteiger partial charge in [-0.3, -0.25) is 9.52 Å². The Morgan fingerprint density at radius 2 is 1.53 bits per heavy atom. The number of hydrogen-bond donors (Lipinski definition) is 2. The van der Waals surface area contributed by atoms with Crippen molar-refractivity contribution in [3.63, 3.8) is 0 Å². The standard InChI is InChI=1S/C25H33N3O3S/c29-24(26-20-25(15-5-6-16-25)21-9-3-1-4-10-21)19-32(30,31)27-22-11-13-23(14-12-22)28-17-7-2-8-18-28/h1,3-4,9-14,27H,2,5-8,15-20H2,(H,26,29). The molecule has 0 unspecified atom stereocenters. The molecule has 1 aliphatic carbocycles. The van der Waals surface area contributed by atoms with Gasteiger partial charge >= 0.3 is 0 Å². The fraction of sp³-hybridized carbons (Fsp3) is 0.480. The van der Waals surface area contributed by atoms with Gasteiger partial charge in [-0.15, -0.1) is 0 Å². The second-order valence-corrected chi connectivity index (χ2v) is 10.8. The SMILES string of the molecule is O=C(CS(=O)(=O)Nc1ccc(N2CCCCC2)cc1)NCC1(c2ccccc2)CCCC1. The lowest BCUT2D eigenvalue weighted by atomic mass is 9.79. The molecule has 2 fully saturated rings. The van der Waals surface area contributed by atoms with E-state index in [1.54, 1.807) is 12.1 Å². The van der Waals surface area contributed by atoms with Crippen molar-refractivity contribution >= 4 is 27.3 Å². The van der Waals surface area contributed by atoms with Gasteiger partial charge in [-0.2, -0.15) is 0 Å². The van der Waals surface area contributed by atoms with Gasteiger partial charge in [-0.25, -0.2) is 8.42 Å². The molecule has 2 aliphatic rings. The number of nitrogens with zero attached hydrogens (tertiary/aromatic N) is 1. The third kappa shape index (κ3) is 5.63. The van der Waals surface area contributed by atoms with Crippen LogP contribution in [0.4, 0.5) is 11.4 Å². The van der Waals surface area contributed by atoms with Crippen LogP contribution in [0.2, 0.25) is 0 Å². The van der Waals surface area contributed by atoms with Crippen LogP contribution in [0.15, 0.2) is 54.6 Å². The monoisotopic (exact) mass is 455 g/mol. The number of hydrogen-bond acceptors (Lipinski definition) is 4. The zero-order valence-electron chi connectivity index (χ0n) is 18.6. The van der Waals surface area contributed by atoms with E-state index in [-0.39, 0.29) is 5.41 Å². The minimum Gasteiger partial charge on any atom is -0.372 e. The Hall–Kier alpha value is -2.54. The number of sulfonamides is 1. The number of rotatable bonds is 8. The molecule has 7 heteroatoms. The average molecular weight is 456 g/mol. The Bertz CT molecular complexity index is 994. The van der Waals surface area contributed by atoms with E-state index < -0.39 is 21.7 Å². The molecule has 6 nitrogen and oxygen atoms in total. The van der Waals surface area contributed by atoms with Crippen molar-refractivity contribution in [2.75, 3.05) is 35.0 Å². The zero-order chi connectivity index (χ0) is 22.4. The van der Waals surface area contributed by atoms with Crippen LogP contribution in [-0.2, 0) is 20.2 Å². The summed E-state index contributed by atoms with van der Waals surface area (Å²) in [6.45, 7) is 2.54. The first kappa shape index (κ1) is 22.6. The summed E-state index contributed by atoms with van der Waals surface area (Å²) in [7, 11) is -3.78. The van der Waals surface area contributed by atoms with Gasteiger partial charge in [0.25, 0.3) is 0 Å². The molecule has 2 aromatic carbocycles. The number of carbonyl (C=O) groups is 1. The summed E-state index contributed by atoms with van der Waals surface area (Å²) in [5.74, 6) is -1.05. The normalized spacial score (nSPS) is 18.3. The number of carbonyl (C=O) groups excluding carboxylic acids is 1. The molecule has 172 valence electrons. The summed E-state index contributed by atoms with van der Waals surface area (Å²) in [5, 5.41) is 2.89. The lowest BCUT2D eigenvalue weighted by molar-refractivity contribution is -0.118. The van der Waals surface area contributed by atoms with Crippen molar-refractivity contribution < 1.29 is 13.2 Å². The van der Waals surface area contributed by atoms with E-state index >= 15 is 0 Å². The molecule has 0 spiro atoms.